The van der Waals surface area contributed by atoms with Gasteiger partial charge in [-0.3, -0.25) is 4.57 Å². The Labute approximate surface area is 267 Å². The second kappa shape index (κ2) is 11.4. The highest BCUT2D eigenvalue weighted by molar-refractivity contribution is 6.09. The van der Waals surface area contributed by atoms with Crippen molar-refractivity contribution in [2.75, 3.05) is 0 Å². The van der Waals surface area contributed by atoms with E-state index < -0.39 is 0 Å². The van der Waals surface area contributed by atoms with Gasteiger partial charge in [-0.2, -0.15) is 15.6 Å². The average Bonchev–Trinajstić information content (AvgIpc) is 3.68. The maximum Gasteiger partial charge on any atom is 0.137 e. The maximum atomic E-state index is 9.89. The van der Waals surface area contributed by atoms with Crippen molar-refractivity contribution in [1.29, 1.82) is 10.5 Å². The van der Waals surface area contributed by atoms with Gasteiger partial charge in [0.2, 0.25) is 0 Å². The zero-order valence-electron chi connectivity index (χ0n) is 26.0. The SMILES string of the molecule is Cc1cc(C)c(C#N)c(-c2cnn(-c3cccc(Oc4ccc5c6ccccc6n(-c6cc(C(C)C)ccn6)c5c4)c3)c2)c1C#N. The fourth-order valence-corrected chi connectivity index (χ4v) is 6.16. The number of fused-ring (bicyclic) bond motifs is 3. The molecule has 7 heteroatoms. The summed E-state index contributed by atoms with van der Waals surface area (Å²) in [5.74, 6) is 2.60. The van der Waals surface area contributed by atoms with E-state index in [0.717, 1.165) is 44.4 Å². The summed E-state index contributed by atoms with van der Waals surface area (Å²) in [4.78, 5) is 4.76. The van der Waals surface area contributed by atoms with E-state index in [9.17, 15) is 10.5 Å². The number of nitriles is 2. The number of pyridine rings is 1. The molecule has 0 fully saturated rings. The van der Waals surface area contributed by atoms with E-state index in [1.807, 2.05) is 62.6 Å². The van der Waals surface area contributed by atoms with Crippen LogP contribution in [-0.2, 0) is 0 Å². The Morgan fingerprint density at radius 3 is 2.26 bits per heavy atom. The summed E-state index contributed by atoms with van der Waals surface area (Å²) in [6.45, 7) is 8.15. The Bertz CT molecular complexity index is 2340. The van der Waals surface area contributed by atoms with Gasteiger partial charge in [0.25, 0.3) is 0 Å². The largest absolute Gasteiger partial charge is 0.457 e. The number of rotatable bonds is 6. The molecule has 3 aromatic heterocycles. The average molecular weight is 599 g/mol. The van der Waals surface area contributed by atoms with Gasteiger partial charge in [0.1, 0.15) is 29.5 Å². The van der Waals surface area contributed by atoms with Gasteiger partial charge in [-0.25, -0.2) is 9.67 Å². The third kappa shape index (κ3) is 4.85. The van der Waals surface area contributed by atoms with E-state index in [0.29, 0.717) is 39.7 Å². The Hall–Kier alpha value is -6.18. The van der Waals surface area contributed by atoms with Crippen molar-refractivity contribution >= 4 is 21.8 Å². The van der Waals surface area contributed by atoms with Crippen molar-refractivity contribution in [3.63, 3.8) is 0 Å². The summed E-state index contributed by atoms with van der Waals surface area (Å²) >= 11 is 0. The minimum Gasteiger partial charge on any atom is -0.457 e. The molecule has 0 saturated carbocycles. The van der Waals surface area contributed by atoms with Gasteiger partial charge < -0.3 is 4.74 Å². The first-order chi connectivity index (χ1) is 22.4. The van der Waals surface area contributed by atoms with Crippen LogP contribution < -0.4 is 4.74 Å². The van der Waals surface area contributed by atoms with Crippen LogP contribution in [0.1, 0.15) is 47.6 Å². The van der Waals surface area contributed by atoms with Gasteiger partial charge in [0.05, 0.1) is 34.0 Å². The molecule has 0 aliphatic rings. The van der Waals surface area contributed by atoms with Crippen LogP contribution in [0.2, 0.25) is 0 Å². The summed E-state index contributed by atoms with van der Waals surface area (Å²) < 4.78 is 10.4. The number of aromatic nitrogens is 4. The summed E-state index contributed by atoms with van der Waals surface area (Å²) in [5.41, 5.74) is 8.06. The second-order valence-corrected chi connectivity index (χ2v) is 11.8. The third-order valence-corrected chi connectivity index (χ3v) is 8.44. The minimum atomic E-state index is 0.384. The predicted molar refractivity (Wildman–Crippen MR) is 181 cm³/mol. The Kier molecular flexibility index (Phi) is 7.08. The highest BCUT2D eigenvalue weighted by Crippen LogP contribution is 2.36. The lowest BCUT2D eigenvalue weighted by Crippen LogP contribution is -1.99. The highest BCUT2D eigenvalue weighted by Gasteiger charge is 2.19. The molecule has 7 nitrogen and oxygen atoms in total. The summed E-state index contributed by atoms with van der Waals surface area (Å²) in [6.07, 6.45) is 5.41. The van der Waals surface area contributed by atoms with Crippen LogP contribution >= 0.6 is 0 Å². The highest BCUT2D eigenvalue weighted by atomic mass is 16.5. The molecule has 0 aliphatic heterocycles. The summed E-state index contributed by atoms with van der Waals surface area (Å²) in [5, 5.41) is 26.6. The van der Waals surface area contributed by atoms with Crippen LogP contribution in [0.3, 0.4) is 0 Å². The van der Waals surface area contributed by atoms with Gasteiger partial charge in [-0.1, -0.05) is 44.2 Å². The van der Waals surface area contributed by atoms with Crippen molar-refractivity contribution < 1.29 is 4.74 Å². The molecule has 0 atom stereocenters. The monoisotopic (exact) mass is 598 g/mol. The topological polar surface area (TPSA) is 92.4 Å². The molecule has 0 unspecified atom stereocenters. The fourth-order valence-electron chi connectivity index (χ4n) is 6.16. The van der Waals surface area contributed by atoms with Crippen LogP contribution in [0.15, 0.2) is 104 Å². The molecule has 0 radical (unpaired) electrons. The standard InChI is InChI=1S/C39H30N6O/c1-24(2)27-14-15-42-38(17-27)45-36-11-6-5-10-32(36)33-13-12-31(19-37(33)45)46-30-9-7-8-29(18-30)44-23-28(22-43-44)39-34(20-40)25(3)16-26(4)35(39)21-41/h5-19,22-24H,1-4H3. The zero-order valence-corrected chi connectivity index (χ0v) is 26.0. The lowest BCUT2D eigenvalue weighted by Gasteiger charge is -2.12. The van der Waals surface area contributed by atoms with E-state index in [2.05, 4.69) is 84.2 Å². The number of hydrogen-bond acceptors (Lipinski definition) is 5. The van der Waals surface area contributed by atoms with E-state index in [-0.39, 0.29) is 0 Å². The molecule has 0 bridgehead atoms. The normalized spacial score (nSPS) is 11.2. The molecule has 7 aromatic rings. The first kappa shape index (κ1) is 28.6. The molecular formula is C39H30N6O. The van der Waals surface area contributed by atoms with Crippen LogP contribution in [-0.4, -0.2) is 19.3 Å². The first-order valence-corrected chi connectivity index (χ1v) is 15.1. The van der Waals surface area contributed by atoms with Crippen molar-refractivity contribution in [3.05, 3.63) is 131 Å². The Balaban J connectivity index is 1.26. The number of aryl methyl sites for hydroxylation is 2. The molecule has 7 rings (SSSR count). The van der Waals surface area contributed by atoms with Crippen molar-refractivity contribution in [2.24, 2.45) is 0 Å². The summed E-state index contributed by atoms with van der Waals surface area (Å²) in [6, 6.07) is 32.9. The van der Waals surface area contributed by atoms with Gasteiger partial charge in [0.15, 0.2) is 0 Å². The van der Waals surface area contributed by atoms with Gasteiger partial charge >= 0.3 is 0 Å². The zero-order chi connectivity index (χ0) is 31.9. The number of benzene rings is 4. The maximum absolute atomic E-state index is 9.89. The van der Waals surface area contributed by atoms with E-state index in [1.54, 1.807) is 10.9 Å². The molecule has 0 spiro atoms. The Morgan fingerprint density at radius 1 is 0.761 bits per heavy atom. The molecule has 4 aromatic carbocycles. The van der Waals surface area contributed by atoms with Gasteiger partial charge in [-0.15, -0.1) is 0 Å². The number of hydrogen-bond donors (Lipinski definition) is 0. The molecule has 222 valence electrons. The third-order valence-electron chi connectivity index (χ3n) is 8.44. The lowest BCUT2D eigenvalue weighted by molar-refractivity contribution is 0.483. The van der Waals surface area contributed by atoms with Crippen LogP contribution in [0, 0.1) is 36.5 Å². The van der Waals surface area contributed by atoms with Crippen molar-refractivity contribution in [1.82, 2.24) is 19.3 Å². The van der Waals surface area contributed by atoms with Crippen LogP contribution in [0.25, 0.3) is 44.4 Å². The van der Waals surface area contributed by atoms with Gasteiger partial charge in [0, 0.05) is 46.4 Å². The van der Waals surface area contributed by atoms with Gasteiger partial charge in [-0.05, 0) is 78.9 Å². The Morgan fingerprint density at radius 2 is 1.50 bits per heavy atom. The molecular weight excluding hydrogens is 568 g/mol. The molecule has 0 saturated heterocycles. The number of ether oxygens (including phenoxy) is 1. The second-order valence-electron chi connectivity index (χ2n) is 11.8. The molecule has 46 heavy (non-hydrogen) atoms. The predicted octanol–water partition coefficient (Wildman–Crippen LogP) is 9.31. The minimum absolute atomic E-state index is 0.384. The molecule has 0 aliphatic carbocycles. The number of para-hydroxylation sites is 1. The number of nitrogens with zero attached hydrogens (tertiary/aromatic N) is 6. The quantitative estimate of drug-likeness (QED) is 0.190. The molecule has 0 N–H and O–H groups in total. The van der Waals surface area contributed by atoms with E-state index in [1.165, 1.54) is 5.56 Å². The first-order valence-electron chi connectivity index (χ1n) is 15.1. The summed E-state index contributed by atoms with van der Waals surface area (Å²) in [7, 11) is 0. The van der Waals surface area contributed by atoms with E-state index in [4.69, 9.17) is 9.72 Å². The molecule has 0 amide bonds. The van der Waals surface area contributed by atoms with Crippen LogP contribution in [0.5, 0.6) is 11.5 Å². The fraction of sp³-hybridized carbons (Fsp3) is 0.128. The van der Waals surface area contributed by atoms with E-state index >= 15 is 0 Å². The smallest absolute Gasteiger partial charge is 0.137 e. The molecule has 3 heterocycles. The van der Waals surface area contributed by atoms with Crippen molar-refractivity contribution in [2.45, 2.75) is 33.6 Å². The van der Waals surface area contributed by atoms with Crippen molar-refractivity contribution in [3.8, 4) is 46.3 Å². The van der Waals surface area contributed by atoms with Crippen LogP contribution in [0.4, 0.5) is 0 Å². The lowest BCUT2D eigenvalue weighted by atomic mass is 9.90.